The first-order chi connectivity index (χ1) is 15.2. The first-order valence-electron chi connectivity index (χ1n) is 10.1. The summed E-state index contributed by atoms with van der Waals surface area (Å²) in [6.45, 7) is 0. The molecule has 0 saturated carbocycles. The van der Waals surface area contributed by atoms with Crippen molar-refractivity contribution >= 4 is 33.4 Å². The van der Waals surface area contributed by atoms with Crippen LogP contribution in [0.4, 0.5) is 5.69 Å². The van der Waals surface area contributed by atoms with Crippen molar-refractivity contribution in [3.05, 3.63) is 109 Å². The highest BCUT2D eigenvalue weighted by Gasteiger charge is 2.07. The van der Waals surface area contributed by atoms with Gasteiger partial charge in [0.1, 0.15) is 0 Å². The van der Waals surface area contributed by atoms with Crippen molar-refractivity contribution in [2.45, 2.75) is 0 Å². The zero-order valence-corrected chi connectivity index (χ0v) is 17.2. The van der Waals surface area contributed by atoms with Crippen LogP contribution in [0.15, 0.2) is 103 Å². The van der Waals surface area contributed by atoms with E-state index >= 15 is 0 Å². The Bertz CT molecular complexity index is 1350. The number of anilines is 1. The number of nitrogens with one attached hydrogen (secondary N) is 1. The lowest BCUT2D eigenvalue weighted by molar-refractivity contribution is 0.100. The molecular weight excluding hydrogens is 382 g/mol. The molecule has 4 aromatic carbocycles. The van der Waals surface area contributed by atoms with E-state index in [2.05, 4.69) is 28.5 Å². The Balaban J connectivity index is 0.000000150. The van der Waals surface area contributed by atoms with Gasteiger partial charge in [0.05, 0.1) is 16.7 Å². The summed E-state index contributed by atoms with van der Waals surface area (Å²) in [5.41, 5.74) is 10.9. The van der Waals surface area contributed by atoms with Gasteiger partial charge in [0, 0.05) is 23.4 Å². The number of nitrogens with two attached hydrogens (primary N) is 1. The lowest BCUT2D eigenvalue weighted by Gasteiger charge is -2.06. The van der Waals surface area contributed by atoms with Gasteiger partial charge in [-0.05, 0) is 35.4 Å². The van der Waals surface area contributed by atoms with Crippen LogP contribution in [0.2, 0.25) is 0 Å². The second-order valence-corrected chi connectivity index (χ2v) is 7.08. The fourth-order valence-electron chi connectivity index (χ4n) is 3.57. The number of carbonyl (C=O) groups is 1. The average molecular weight is 406 g/mol. The molecule has 1 amide bonds. The Morgan fingerprint density at radius 3 is 2.23 bits per heavy atom. The fraction of sp³-hybridized carbons (Fsp3) is 0.0370. The zero-order valence-electron chi connectivity index (χ0n) is 17.2. The highest BCUT2D eigenvalue weighted by Crippen LogP contribution is 2.25. The van der Waals surface area contributed by atoms with Gasteiger partial charge in [0.25, 0.3) is 0 Å². The van der Waals surface area contributed by atoms with E-state index in [0.29, 0.717) is 5.56 Å². The van der Waals surface area contributed by atoms with Crippen molar-refractivity contribution in [1.29, 1.82) is 0 Å². The number of pyridine rings is 1. The highest BCUT2D eigenvalue weighted by atomic mass is 16.1. The zero-order chi connectivity index (χ0) is 21.6. The number of primary amides is 1. The van der Waals surface area contributed by atoms with Crippen molar-refractivity contribution in [2.24, 2.45) is 5.73 Å². The Kier molecular flexibility index (Phi) is 5.90. The van der Waals surface area contributed by atoms with Gasteiger partial charge in [-0.1, -0.05) is 78.9 Å². The molecule has 0 fully saturated rings. The third-order valence-electron chi connectivity index (χ3n) is 5.09. The molecule has 5 aromatic rings. The van der Waals surface area contributed by atoms with E-state index in [1.165, 1.54) is 10.8 Å². The first kappa shape index (κ1) is 20.1. The number of para-hydroxylation sites is 2. The van der Waals surface area contributed by atoms with Crippen molar-refractivity contribution in [3.8, 4) is 11.1 Å². The Morgan fingerprint density at radius 2 is 1.45 bits per heavy atom. The van der Waals surface area contributed by atoms with Crippen LogP contribution in [0, 0.1) is 0 Å². The number of nitrogens with zero attached hydrogens (tertiary/aromatic N) is 1. The number of rotatable bonds is 3. The van der Waals surface area contributed by atoms with Gasteiger partial charge < -0.3 is 11.1 Å². The maximum absolute atomic E-state index is 11.2. The number of carbonyl (C=O) groups excluding carboxylic acids is 1. The minimum Gasteiger partial charge on any atom is -0.386 e. The van der Waals surface area contributed by atoms with E-state index in [0.717, 1.165) is 27.8 Å². The van der Waals surface area contributed by atoms with Gasteiger partial charge in [-0.25, -0.2) is 4.98 Å². The van der Waals surface area contributed by atoms with Crippen LogP contribution in [0.1, 0.15) is 10.4 Å². The highest BCUT2D eigenvalue weighted by molar-refractivity contribution is 6.00. The van der Waals surface area contributed by atoms with Crippen LogP contribution in [-0.4, -0.2) is 17.9 Å². The lowest BCUT2D eigenvalue weighted by Crippen LogP contribution is -2.12. The molecule has 1 heterocycles. The minimum atomic E-state index is -0.394. The standard InChI is InChI=1S/C14H12N2.C13H11NO/c1-15-13-8-4-6-11-9-10-5-2-3-7-12(10)16-14(11)13;14-13(15)12-9-5-4-8-11(12)10-6-2-1-3-7-10/h2-9,15H,1H3;1-9H,(H2,14,15). The van der Waals surface area contributed by atoms with Crippen molar-refractivity contribution < 1.29 is 4.79 Å². The van der Waals surface area contributed by atoms with Crippen molar-refractivity contribution in [3.63, 3.8) is 0 Å². The van der Waals surface area contributed by atoms with Crippen LogP contribution >= 0.6 is 0 Å². The molecule has 31 heavy (non-hydrogen) atoms. The van der Waals surface area contributed by atoms with Gasteiger partial charge in [-0.15, -0.1) is 0 Å². The monoisotopic (exact) mass is 405 g/mol. The summed E-state index contributed by atoms with van der Waals surface area (Å²) in [4.78, 5) is 15.9. The second kappa shape index (κ2) is 9.09. The van der Waals surface area contributed by atoms with Crippen LogP contribution in [0.3, 0.4) is 0 Å². The largest absolute Gasteiger partial charge is 0.386 e. The van der Waals surface area contributed by atoms with Gasteiger partial charge >= 0.3 is 0 Å². The molecule has 0 unspecified atom stereocenters. The van der Waals surface area contributed by atoms with Gasteiger partial charge in [0.2, 0.25) is 5.91 Å². The third-order valence-corrected chi connectivity index (χ3v) is 5.09. The SMILES string of the molecule is CNc1cccc2cc3ccccc3nc12.NC(=O)c1ccccc1-c1ccccc1. The van der Waals surface area contributed by atoms with E-state index in [4.69, 9.17) is 5.73 Å². The third kappa shape index (κ3) is 4.38. The van der Waals surface area contributed by atoms with Crippen LogP contribution in [0.5, 0.6) is 0 Å². The molecule has 0 aliphatic rings. The van der Waals surface area contributed by atoms with Crippen LogP contribution in [0.25, 0.3) is 32.9 Å². The van der Waals surface area contributed by atoms with Crippen molar-refractivity contribution in [2.75, 3.05) is 12.4 Å². The predicted octanol–water partition coefficient (Wildman–Crippen LogP) is 5.88. The summed E-state index contributed by atoms with van der Waals surface area (Å²) < 4.78 is 0. The molecule has 152 valence electrons. The summed E-state index contributed by atoms with van der Waals surface area (Å²) in [6, 6.07) is 33.6. The first-order valence-corrected chi connectivity index (χ1v) is 10.1. The molecule has 1 aromatic heterocycles. The molecule has 0 aliphatic heterocycles. The molecule has 4 heteroatoms. The van der Waals surface area contributed by atoms with Gasteiger partial charge in [-0.2, -0.15) is 0 Å². The number of fused-ring (bicyclic) bond motifs is 2. The summed E-state index contributed by atoms with van der Waals surface area (Å²) in [6.07, 6.45) is 0. The molecule has 3 N–H and O–H groups in total. The molecule has 0 bridgehead atoms. The van der Waals surface area contributed by atoms with Crippen LogP contribution in [-0.2, 0) is 0 Å². The van der Waals surface area contributed by atoms with Crippen LogP contribution < -0.4 is 11.1 Å². The topological polar surface area (TPSA) is 68.0 Å². The number of hydrogen-bond acceptors (Lipinski definition) is 3. The fourth-order valence-corrected chi connectivity index (χ4v) is 3.57. The quantitative estimate of drug-likeness (QED) is 0.368. The Hall–Kier alpha value is -4.18. The summed E-state index contributed by atoms with van der Waals surface area (Å²) in [7, 11) is 1.92. The molecule has 0 aliphatic carbocycles. The molecule has 5 rings (SSSR count). The second-order valence-electron chi connectivity index (χ2n) is 7.08. The van der Waals surface area contributed by atoms with Gasteiger partial charge in [-0.3, -0.25) is 4.79 Å². The average Bonchev–Trinajstić information content (AvgIpc) is 2.83. The molecule has 0 radical (unpaired) electrons. The maximum atomic E-state index is 11.2. The van der Waals surface area contributed by atoms with E-state index < -0.39 is 5.91 Å². The number of amides is 1. The molecule has 0 spiro atoms. The predicted molar refractivity (Wildman–Crippen MR) is 129 cm³/mol. The Labute approximate surface area is 181 Å². The molecular formula is C27H23N3O. The molecule has 0 atom stereocenters. The molecule has 0 saturated heterocycles. The number of hydrogen-bond donors (Lipinski definition) is 2. The summed E-state index contributed by atoms with van der Waals surface area (Å²) >= 11 is 0. The number of benzene rings is 4. The van der Waals surface area contributed by atoms with E-state index in [1.807, 2.05) is 85.9 Å². The molecule has 4 nitrogen and oxygen atoms in total. The Morgan fingerprint density at radius 1 is 0.774 bits per heavy atom. The van der Waals surface area contributed by atoms with Crippen molar-refractivity contribution in [1.82, 2.24) is 4.98 Å². The smallest absolute Gasteiger partial charge is 0.249 e. The van der Waals surface area contributed by atoms with E-state index in [-0.39, 0.29) is 0 Å². The summed E-state index contributed by atoms with van der Waals surface area (Å²) in [5.74, 6) is -0.394. The minimum absolute atomic E-state index is 0.394. The van der Waals surface area contributed by atoms with Gasteiger partial charge in [0.15, 0.2) is 0 Å². The lowest BCUT2D eigenvalue weighted by atomic mass is 9.99. The number of aromatic nitrogens is 1. The summed E-state index contributed by atoms with van der Waals surface area (Å²) in [5, 5.41) is 5.53. The van der Waals surface area contributed by atoms with E-state index in [9.17, 15) is 4.79 Å². The van der Waals surface area contributed by atoms with E-state index in [1.54, 1.807) is 6.07 Å². The normalized spacial score (nSPS) is 10.4. The maximum Gasteiger partial charge on any atom is 0.249 e.